The number of thiocarbonyl (C=S) groups is 1. The van der Waals surface area contributed by atoms with Crippen LogP contribution in [0.4, 0.5) is 0 Å². The molecular formula is C15H19ClN2OS. The number of benzene rings is 1. The number of carbonyl (C=O) groups is 1. The van der Waals surface area contributed by atoms with E-state index < -0.39 is 5.54 Å². The van der Waals surface area contributed by atoms with Gasteiger partial charge in [-0.1, -0.05) is 29.8 Å². The second kappa shape index (κ2) is 6.10. The molecule has 0 unspecified atom stereocenters. The molecule has 1 aliphatic carbocycles. The Morgan fingerprint density at radius 2 is 2.10 bits per heavy atom. The van der Waals surface area contributed by atoms with Gasteiger partial charge in [0.1, 0.15) is 5.54 Å². The van der Waals surface area contributed by atoms with Gasteiger partial charge in [0.05, 0.1) is 0 Å². The molecule has 0 bridgehead atoms. The molecule has 1 aliphatic rings. The van der Waals surface area contributed by atoms with Crippen LogP contribution in [0.2, 0.25) is 5.02 Å². The van der Waals surface area contributed by atoms with E-state index in [1.165, 1.54) is 0 Å². The van der Waals surface area contributed by atoms with Crippen LogP contribution in [0.25, 0.3) is 0 Å². The lowest BCUT2D eigenvalue weighted by Crippen LogP contribution is -2.56. The highest BCUT2D eigenvalue weighted by Gasteiger charge is 2.46. The van der Waals surface area contributed by atoms with Crippen molar-refractivity contribution in [2.75, 3.05) is 14.1 Å². The summed E-state index contributed by atoms with van der Waals surface area (Å²) in [6, 6.07) is 7.56. The van der Waals surface area contributed by atoms with E-state index in [-0.39, 0.29) is 5.78 Å². The number of nitrogens with one attached hydrogen (secondary N) is 1. The number of Topliss-reactive ketones (excluding diaryl/α,β-unsaturated/α-hetero) is 1. The predicted molar refractivity (Wildman–Crippen MR) is 86.0 cm³/mol. The van der Waals surface area contributed by atoms with Crippen molar-refractivity contribution in [1.82, 2.24) is 10.2 Å². The van der Waals surface area contributed by atoms with E-state index in [4.69, 9.17) is 23.8 Å². The van der Waals surface area contributed by atoms with E-state index in [2.05, 4.69) is 5.32 Å². The number of hydrogen-bond donors (Lipinski definition) is 1. The largest absolute Gasteiger partial charge is 0.366 e. The minimum Gasteiger partial charge on any atom is -0.366 e. The fourth-order valence-electron chi connectivity index (χ4n) is 2.97. The van der Waals surface area contributed by atoms with E-state index >= 15 is 0 Å². The first-order valence-corrected chi connectivity index (χ1v) is 7.56. The molecule has 1 fully saturated rings. The van der Waals surface area contributed by atoms with Crippen LogP contribution in [0.15, 0.2) is 24.3 Å². The van der Waals surface area contributed by atoms with E-state index in [0.29, 0.717) is 16.6 Å². The number of hydrogen-bond acceptors (Lipinski definition) is 2. The minimum absolute atomic E-state index is 0.192. The Hall–Kier alpha value is -1.13. The number of nitrogens with zero attached hydrogens (tertiary/aromatic N) is 1. The third kappa shape index (κ3) is 2.42. The monoisotopic (exact) mass is 310 g/mol. The third-order valence-corrected chi connectivity index (χ3v) is 4.87. The third-order valence-electron chi connectivity index (χ3n) is 4.06. The van der Waals surface area contributed by atoms with Crippen molar-refractivity contribution in [1.29, 1.82) is 0 Å². The quantitative estimate of drug-likeness (QED) is 0.851. The van der Waals surface area contributed by atoms with Crippen molar-refractivity contribution in [2.45, 2.75) is 31.2 Å². The van der Waals surface area contributed by atoms with Gasteiger partial charge in [0.2, 0.25) is 0 Å². The molecule has 20 heavy (non-hydrogen) atoms. The van der Waals surface area contributed by atoms with Crippen molar-refractivity contribution in [3.8, 4) is 0 Å². The summed E-state index contributed by atoms with van der Waals surface area (Å²) in [6.07, 6.45) is 3.24. The molecule has 5 heteroatoms. The lowest BCUT2D eigenvalue weighted by Gasteiger charge is -2.44. The summed E-state index contributed by atoms with van der Waals surface area (Å²) in [4.78, 5) is 14.6. The number of carbonyl (C=O) groups excluding carboxylic acids is 1. The van der Waals surface area contributed by atoms with Crippen LogP contribution < -0.4 is 5.32 Å². The molecule has 0 aromatic heterocycles. The average Bonchev–Trinajstić information content (AvgIpc) is 2.47. The van der Waals surface area contributed by atoms with Crippen molar-refractivity contribution in [3.63, 3.8) is 0 Å². The van der Waals surface area contributed by atoms with E-state index in [0.717, 1.165) is 24.8 Å². The lowest BCUT2D eigenvalue weighted by molar-refractivity contribution is -0.131. The van der Waals surface area contributed by atoms with Gasteiger partial charge in [-0.25, -0.2) is 0 Å². The van der Waals surface area contributed by atoms with Crippen LogP contribution >= 0.6 is 23.8 Å². The number of ketones is 1. The van der Waals surface area contributed by atoms with Crippen molar-refractivity contribution in [2.24, 2.45) is 0 Å². The summed E-state index contributed by atoms with van der Waals surface area (Å²) in [5, 5.41) is 4.13. The molecule has 0 heterocycles. The first-order valence-electron chi connectivity index (χ1n) is 6.78. The first kappa shape index (κ1) is 15.3. The van der Waals surface area contributed by atoms with E-state index in [9.17, 15) is 4.79 Å². The Morgan fingerprint density at radius 1 is 1.40 bits per heavy atom. The normalized spacial score (nSPS) is 22.4. The fraction of sp³-hybridized carbons (Fsp3) is 0.467. The zero-order valence-electron chi connectivity index (χ0n) is 11.8. The van der Waals surface area contributed by atoms with Gasteiger partial charge in [-0.05, 0) is 37.5 Å². The smallest absolute Gasteiger partial charge is 0.169 e. The molecule has 1 atom stereocenters. The number of rotatable bonds is 2. The summed E-state index contributed by atoms with van der Waals surface area (Å²) >= 11 is 11.7. The molecular weight excluding hydrogens is 292 g/mol. The molecule has 1 aromatic carbocycles. The van der Waals surface area contributed by atoms with Crippen LogP contribution in [-0.4, -0.2) is 29.9 Å². The highest BCUT2D eigenvalue weighted by atomic mass is 35.5. The maximum Gasteiger partial charge on any atom is 0.169 e. The number of halogens is 1. The van der Waals surface area contributed by atoms with Crippen LogP contribution in [0.3, 0.4) is 0 Å². The Morgan fingerprint density at radius 3 is 2.70 bits per heavy atom. The standard InChI is InChI=1S/C15H19ClN2OS/c1-17-14(20)18(2)15(10-6-5-9-13(15)19)11-7-3-4-8-12(11)16/h3-4,7-8H,5-6,9-10H2,1-2H3,(H,17,20)/t15-/m0/s1. The first-order chi connectivity index (χ1) is 9.54. The predicted octanol–water partition coefficient (Wildman–Crippen LogP) is 3.11. The molecule has 0 spiro atoms. The number of likely N-dealkylation sites (N-methyl/N-ethyl adjacent to an activating group) is 1. The van der Waals surface area contributed by atoms with Crippen LogP contribution in [0, 0.1) is 0 Å². The highest BCUT2D eigenvalue weighted by molar-refractivity contribution is 7.80. The molecule has 0 aliphatic heterocycles. The van der Waals surface area contributed by atoms with Crippen molar-refractivity contribution < 1.29 is 4.79 Å². The summed E-state index contributed by atoms with van der Waals surface area (Å²) in [6.45, 7) is 0. The molecule has 0 saturated heterocycles. The Bertz CT molecular complexity index is 534. The highest BCUT2D eigenvalue weighted by Crippen LogP contribution is 2.42. The van der Waals surface area contributed by atoms with Crippen LogP contribution in [0.5, 0.6) is 0 Å². The molecule has 1 N–H and O–H groups in total. The maximum atomic E-state index is 12.7. The zero-order valence-corrected chi connectivity index (χ0v) is 13.4. The van der Waals surface area contributed by atoms with Gasteiger partial charge in [0.15, 0.2) is 10.9 Å². The van der Waals surface area contributed by atoms with E-state index in [1.807, 2.05) is 36.2 Å². The van der Waals surface area contributed by atoms with Gasteiger partial charge >= 0.3 is 0 Å². The minimum atomic E-state index is -0.739. The van der Waals surface area contributed by atoms with Gasteiger partial charge in [0, 0.05) is 31.1 Å². The topological polar surface area (TPSA) is 32.3 Å². The van der Waals surface area contributed by atoms with Gasteiger partial charge in [-0.3, -0.25) is 4.79 Å². The molecule has 2 rings (SSSR count). The molecule has 3 nitrogen and oxygen atoms in total. The van der Waals surface area contributed by atoms with Gasteiger partial charge in [-0.2, -0.15) is 0 Å². The molecule has 0 radical (unpaired) electrons. The second-order valence-corrected chi connectivity index (χ2v) is 5.88. The Balaban J connectivity index is 2.58. The summed E-state index contributed by atoms with van der Waals surface area (Å²) in [5.41, 5.74) is 0.114. The molecule has 108 valence electrons. The Labute approximate surface area is 130 Å². The van der Waals surface area contributed by atoms with Gasteiger partial charge < -0.3 is 10.2 Å². The average molecular weight is 311 g/mol. The molecule has 0 amide bonds. The Kier molecular flexibility index (Phi) is 4.66. The zero-order chi connectivity index (χ0) is 14.8. The molecule has 1 aromatic rings. The summed E-state index contributed by atoms with van der Waals surface area (Å²) in [5.74, 6) is 0.192. The fourth-order valence-corrected chi connectivity index (χ4v) is 3.42. The van der Waals surface area contributed by atoms with E-state index in [1.54, 1.807) is 7.05 Å². The van der Waals surface area contributed by atoms with Crippen molar-refractivity contribution in [3.05, 3.63) is 34.9 Å². The van der Waals surface area contributed by atoms with Gasteiger partial charge in [-0.15, -0.1) is 0 Å². The lowest BCUT2D eigenvalue weighted by atomic mass is 9.74. The maximum absolute atomic E-state index is 12.7. The van der Waals surface area contributed by atoms with Crippen LogP contribution in [0.1, 0.15) is 31.2 Å². The van der Waals surface area contributed by atoms with Crippen molar-refractivity contribution >= 4 is 34.7 Å². The SMILES string of the molecule is CNC(=S)N(C)[C@]1(c2ccccc2Cl)CCCCC1=O. The van der Waals surface area contributed by atoms with Crippen LogP contribution in [-0.2, 0) is 10.3 Å². The summed E-state index contributed by atoms with van der Waals surface area (Å²) < 4.78 is 0. The second-order valence-electron chi connectivity index (χ2n) is 5.08. The summed E-state index contributed by atoms with van der Waals surface area (Å²) in [7, 11) is 3.64. The van der Waals surface area contributed by atoms with Gasteiger partial charge in [0.25, 0.3) is 0 Å². The molecule has 1 saturated carbocycles.